The molecule has 2 aromatic rings. The van der Waals surface area contributed by atoms with Gasteiger partial charge in [0.05, 0.1) is 28.5 Å². The fourth-order valence-electron chi connectivity index (χ4n) is 1.60. The van der Waals surface area contributed by atoms with E-state index in [9.17, 15) is 9.18 Å². The molecule has 0 unspecified atom stereocenters. The van der Waals surface area contributed by atoms with Crippen LogP contribution in [-0.2, 0) is 11.2 Å². The minimum Gasteiger partial charge on any atom is -0.481 e. The van der Waals surface area contributed by atoms with Crippen molar-refractivity contribution in [1.29, 1.82) is 0 Å². The summed E-state index contributed by atoms with van der Waals surface area (Å²) >= 11 is 3.09. The third-order valence-corrected chi connectivity index (χ3v) is 3.03. The van der Waals surface area contributed by atoms with E-state index in [1.807, 2.05) is 0 Å². The lowest BCUT2D eigenvalue weighted by atomic mass is 10.2. The molecule has 94 valence electrons. The highest BCUT2D eigenvalue weighted by Gasteiger charge is 2.13. The molecule has 0 aliphatic carbocycles. The normalized spacial score (nSPS) is 10.6. The van der Waals surface area contributed by atoms with E-state index >= 15 is 0 Å². The summed E-state index contributed by atoms with van der Waals surface area (Å²) in [5.41, 5.74) is 1.64. The van der Waals surface area contributed by atoms with Gasteiger partial charge in [-0.2, -0.15) is 0 Å². The van der Waals surface area contributed by atoms with Crippen LogP contribution in [0.1, 0.15) is 11.3 Å². The number of aromatic nitrogens is 3. The molecule has 0 bridgehead atoms. The Morgan fingerprint density at radius 1 is 1.56 bits per heavy atom. The number of halogens is 2. The molecule has 7 heteroatoms. The third-order valence-electron chi connectivity index (χ3n) is 2.42. The number of hydrogen-bond acceptors (Lipinski definition) is 3. The van der Waals surface area contributed by atoms with Crippen molar-refractivity contribution >= 4 is 21.9 Å². The van der Waals surface area contributed by atoms with Gasteiger partial charge in [0, 0.05) is 6.07 Å². The van der Waals surface area contributed by atoms with Crippen molar-refractivity contribution in [2.75, 3.05) is 0 Å². The summed E-state index contributed by atoms with van der Waals surface area (Å²) < 4.78 is 15.2. The molecule has 0 fully saturated rings. The molecule has 1 aromatic carbocycles. The zero-order chi connectivity index (χ0) is 13.3. The second-order valence-electron chi connectivity index (χ2n) is 3.76. The maximum absolute atomic E-state index is 13.5. The Bertz CT molecular complexity index is 612. The number of rotatable bonds is 3. The summed E-state index contributed by atoms with van der Waals surface area (Å²) in [6.45, 7) is 1.78. The highest BCUT2D eigenvalue weighted by molar-refractivity contribution is 9.10. The maximum Gasteiger partial charge on any atom is 0.309 e. The number of nitrogens with zero attached hydrogens (tertiary/aromatic N) is 3. The van der Waals surface area contributed by atoms with E-state index in [-0.39, 0.29) is 6.42 Å². The second kappa shape index (κ2) is 4.85. The Hall–Kier alpha value is -1.76. The first-order chi connectivity index (χ1) is 8.49. The van der Waals surface area contributed by atoms with Crippen LogP contribution in [-0.4, -0.2) is 26.1 Å². The highest BCUT2D eigenvalue weighted by atomic mass is 79.9. The van der Waals surface area contributed by atoms with E-state index in [0.717, 1.165) is 5.56 Å². The van der Waals surface area contributed by atoms with Crippen molar-refractivity contribution in [3.8, 4) is 5.69 Å². The molecular formula is C11H9BrFN3O2. The van der Waals surface area contributed by atoms with Crippen molar-refractivity contribution in [1.82, 2.24) is 15.0 Å². The number of carboxylic acids is 1. The fraction of sp³-hybridized carbons (Fsp3) is 0.182. The summed E-state index contributed by atoms with van der Waals surface area (Å²) in [6, 6.07) is 2.90. The SMILES string of the molecule is Cc1cc(Br)c(F)cc1-n1nncc1CC(=O)O. The average molecular weight is 314 g/mol. The topological polar surface area (TPSA) is 68.0 Å². The van der Waals surface area contributed by atoms with Gasteiger partial charge in [-0.05, 0) is 34.5 Å². The molecule has 0 saturated heterocycles. The first-order valence-electron chi connectivity index (χ1n) is 5.06. The lowest BCUT2D eigenvalue weighted by molar-refractivity contribution is -0.136. The highest BCUT2D eigenvalue weighted by Crippen LogP contribution is 2.23. The Balaban J connectivity index is 2.52. The smallest absolute Gasteiger partial charge is 0.309 e. The van der Waals surface area contributed by atoms with Crippen LogP contribution in [0.5, 0.6) is 0 Å². The van der Waals surface area contributed by atoms with Crippen molar-refractivity contribution in [2.24, 2.45) is 0 Å². The molecule has 0 aliphatic rings. The van der Waals surface area contributed by atoms with E-state index < -0.39 is 11.8 Å². The van der Waals surface area contributed by atoms with Crippen LogP contribution >= 0.6 is 15.9 Å². The Kier molecular flexibility index (Phi) is 3.42. The van der Waals surface area contributed by atoms with Crippen molar-refractivity contribution in [2.45, 2.75) is 13.3 Å². The molecule has 0 aliphatic heterocycles. The molecule has 0 atom stereocenters. The largest absolute Gasteiger partial charge is 0.481 e. The van der Waals surface area contributed by atoms with Crippen LogP contribution in [0.2, 0.25) is 0 Å². The van der Waals surface area contributed by atoms with E-state index in [0.29, 0.717) is 15.9 Å². The van der Waals surface area contributed by atoms with Crippen LogP contribution < -0.4 is 0 Å². The molecule has 2 rings (SSSR count). The van der Waals surface area contributed by atoms with Gasteiger partial charge in [-0.15, -0.1) is 5.10 Å². The molecular weight excluding hydrogens is 305 g/mol. The summed E-state index contributed by atoms with van der Waals surface area (Å²) in [7, 11) is 0. The minimum atomic E-state index is -0.992. The standard InChI is InChI=1S/C11H9BrFN3O2/c1-6-2-8(12)9(13)4-10(6)16-7(3-11(17)18)5-14-15-16/h2,4-5H,3H2,1H3,(H,17,18). The van der Waals surface area contributed by atoms with Crippen LogP contribution in [0.15, 0.2) is 22.8 Å². The predicted octanol–water partition coefficient (Wildman–Crippen LogP) is 2.10. The van der Waals surface area contributed by atoms with Crippen molar-refractivity contribution in [3.63, 3.8) is 0 Å². The molecule has 1 aromatic heterocycles. The monoisotopic (exact) mass is 313 g/mol. The summed E-state index contributed by atoms with van der Waals surface area (Å²) in [6.07, 6.45) is 1.14. The van der Waals surface area contributed by atoms with Crippen LogP contribution in [0.25, 0.3) is 5.69 Å². The Morgan fingerprint density at radius 3 is 2.94 bits per heavy atom. The maximum atomic E-state index is 13.5. The summed E-state index contributed by atoms with van der Waals surface area (Å²) in [4.78, 5) is 10.7. The molecule has 0 amide bonds. The van der Waals surface area contributed by atoms with Crippen LogP contribution in [0.3, 0.4) is 0 Å². The van der Waals surface area contributed by atoms with Crippen LogP contribution in [0.4, 0.5) is 4.39 Å². The van der Waals surface area contributed by atoms with Gasteiger partial charge >= 0.3 is 5.97 Å². The van der Waals surface area contributed by atoms with Crippen molar-refractivity contribution in [3.05, 3.63) is 39.9 Å². The molecule has 18 heavy (non-hydrogen) atoms. The van der Waals surface area contributed by atoms with Gasteiger partial charge in [0.1, 0.15) is 5.82 Å². The average Bonchev–Trinajstić information content (AvgIpc) is 2.70. The van der Waals surface area contributed by atoms with Gasteiger partial charge in [0.25, 0.3) is 0 Å². The first kappa shape index (κ1) is 12.7. The lowest BCUT2D eigenvalue weighted by Gasteiger charge is -2.09. The summed E-state index contributed by atoms with van der Waals surface area (Å²) in [5.74, 6) is -1.43. The lowest BCUT2D eigenvalue weighted by Crippen LogP contribution is -2.09. The number of aryl methyl sites for hydroxylation is 1. The van der Waals surface area contributed by atoms with E-state index in [2.05, 4.69) is 26.2 Å². The van der Waals surface area contributed by atoms with Gasteiger partial charge in [0.2, 0.25) is 0 Å². The van der Waals surface area contributed by atoms with E-state index in [1.165, 1.54) is 16.9 Å². The van der Waals surface area contributed by atoms with Gasteiger partial charge in [-0.3, -0.25) is 4.79 Å². The van der Waals surface area contributed by atoms with E-state index in [1.54, 1.807) is 13.0 Å². The number of aliphatic carboxylic acids is 1. The zero-order valence-corrected chi connectivity index (χ0v) is 11.0. The van der Waals surface area contributed by atoms with Gasteiger partial charge in [-0.1, -0.05) is 5.21 Å². The van der Waals surface area contributed by atoms with Crippen LogP contribution in [0, 0.1) is 12.7 Å². The van der Waals surface area contributed by atoms with Gasteiger partial charge in [0.15, 0.2) is 0 Å². The van der Waals surface area contributed by atoms with Crippen molar-refractivity contribution < 1.29 is 14.3 Å². The van der Waals surface area contributed by atoms with Gasteiger partial charge in [-0.25, -0.2) is 9.07 Å². The number of carbonyl (C=O) groups is 1. The molecule has 0 saturated carbocycles. The third kappa shape index (κ3) is 2.40. The number of hydrogen-bond donors (Lipinski definition) is 1. The number of carboxylic acid groups (broad SMARTS) is 1. The van der Waals surface area contributed by atoms with Gasteiger partial charge < -0.3 is 5.11 Å². The molecule has 1 heterocycles. The second-order valence-corrected chi connectivity index (χ2v) is 4.61. The molecule has 5 nitrogen and oxygen atoms in total. The van der Waals surface area contributed by atoms with E-state index in [4.69, 9.17) is 5.11 Å². The minimum absolute atomic E-state index is 0.218. The predicted molar refractivity (Wildman–Crippen MR) is 65.1 cm³/mol. The number of benzene rings is 1. The molecule has 0 radical (unpaired) electrons. The fourth-order valence-corrected chi connectivity index (χ4v) is 2.06. The Labute approximate surface area is 110 Å². The summed E-state index contributed by atoms with van der Waals surface area (Å²) in [5, 5.41) is 16.2. The first-order valence-corrected chi connectivity index (χ1v) is 5.85. The molecule has 1 N–H and O–H groups in total. The Morgan fingerprint density at radius 2 is 2.28 bits per heavy atom. The zero-order valence-electron chi connectivity index (χ0n) is 9.39. The molecule has 0 spiro atoms. The quantitative estimate of drug-likeness (QED) is 0.942.